The Labute approximate surface area is 135 Å². The van der Waals surface area contributed by atoms with Crippen molar-refractivity contribution in [3.63, 3.8) is 0 Å². The molecule has 1 atom stereocenters. The van der Waals surface area contributed by atoms with Crippen molar-refractivity contribution in [3.8, 4) is 0 Å². The van der Waals surface area contributed by atoms with Crippen LogP contribution in [0.5, 0.6) is 0 Å². The number of hydrogen-bond donors (Lipinski definition) is 1. The monoisotopic (exact) mass is 310 g/mol. The minimum atomic E-state index is 0.138. The first-order valence-corrected chi connectivity index (χ1v) is 8.57. The maximum absolute atomic E-state index is 6.46. The number of nitrogens with two attached hydrogens (primary N) is 1. The molecule has 0 aliphatic heterocycles. The summed E-state index contributed by atoms with van der Waals surface area (Å²) >= 11 is 6.46. The molecule has 21 heavy (non-hydrogen) atoms. The van der Waals surface area contributed by atoms with E-state index in [1.807, 2.05) is 6.92 Å². The second kappa shape index (κ2) is 8.65. The number of nitrogens with zero attached hydrogens (tertiary/aromatic N) is 1. The fourth-order valence-corrected chi connectivity index (χ4v) is 3.07. The van der Waals surface area contributed by atoms with E-state index < -0.39 is 0 Å². The lowest BCUT2D eigenvalue weighted by Gasteiger charge is -2.34. The van der Waals surface area contributed by atoms with Crippen LogP contribution in [0.15, 0.2) is 18.2 Å². The maximum Gasteiger partial charge on any atom is 0.0459 e. The van der Waals surface area contributed by atoms with Crippen molar-refractivity contribution >= 4 is 17.3 Å². The van der Waals surface area contributed by atoms with Crippen molar-refractivity contribution in [1.29, 1.82) is 0 Å². The van der Waals surface area contributed by atoms with Crippen LogP contribution in [0.4, 0.5) is 5.69 Å². The Hall–Kier alpha value is -0.730. The summed E-state index contributed by atoms with van der Waals surface area (Å²) in [5, 5.41) is 0.838. The van der Waals surface area contributed by atoms with E-state index in [0.717, 1.165) is 36.4 Å². The summed E-state index contributed by atoms with van der Waals surface area (Å²) in [5.41, 5.74) is 8.25. The van der Waals surface area contributed by atoms with Gasteiger partial charge in [-0.1, -0.05) is 45.4 Å². The number of rotatable bonds is 8. The third kappa shape index (κ3) is 5.52. The van der Waals surface area contributed by atoms with Crippen molar-refractivity contribution in [2.24, 2.45) is 11.7 Å². The highest BCUT2D eigenvalue weighted by molar-refractivity contribution is 6.31. The first-order valence-electron chi connectivity index (χ1n) is 8.19. The van der Waals surface area contributed by atoms with E-state index in [9.17, 15) is 0 Å². The van der Waals surface area contributed by atoms with Gasteiger partial charge in [0, 0.05) is 29.3 Å². The highest BCUT2D eigenvalue weighted by Gasteiger charge is 2.18. The molecule has 0 bridgehead atoms. The highest BCUT2D eigenvalue weighted by atomic mass is 35.5. The molecule has 0 radical (unpaired) electrons. The van der Waals surface area contributed by atoms with Crippen LogP contribution in [0.1, 0.15) is 53.0 Å². The van der Waals surface area contributed by atoms with Crippen LogP contribution in [-0.4, -0.2) is 18.6 Å². The molecule has 1 aromatic carbocycles. The molecule has 3 heteroatoms. The van der Waals surface area contributed by atoms with Gasteiger partial charge in [0.1, 0.15) is 0 Å². The first-order chi connectivity index (χ1) is 9.88. The highest BCUT2D eigenvalue weighted by Crippen LogP contribution is 2.28. The average molecular weight is 311 g/mol. The molecule has 120 valence electrons. The smallest absolute Gasteiger partial charge is 0.0459 e. The van der Waals surface area contributed by atoms with Gasteiger partial charge in [-0.25, -0.2) is 0 Å². The van der Waals surface area contributed by atoms with E-state index in [1.165, 1.54) is 5.69 Å². The molecule has 2 N–H and O–H groups in total. The van der Waals surface area contributed by atoms with E-state index >= 15 is 0 Å². The Bertz CT molecular complexity index is 425. The summed E-state index contributed by atoms with van der Waals surface area (Å²) < 4.78 is 0. The van der Waals surface area contributed by atoms with Gasteiger partial charge in [0.15, 0.2) is 0 Å². The van der Waals surface area contributed by atoms with Crippen molar-refractivity contribution in [2.75, 3.05) is 11.4 Å². The number of benzene rings is 1. The third-order valence-corrected chi connectivity index (χ3v) is 4.21. The van der Waals surface area contributed by atoms with Gasteiger partial charge in [0.25, 0.3) is 0 Å². The molecule has 2 nitrogen and oxygen atoms in total. The van der Waals surface area contributed by atoms with E-state index in [1.54, 1.807) is 0 Å². The first kappa shape index (κ1) is 18.3. The summed E-state index contributed by atoms with van der Waals surface area (Å²) in [4.78, 5) is 2.51. The summed E-state index contributed by atoms with van der Waals surface area (Å²) in [7, 11) is 0. The van der Waals surface area contributed by atoms with Gasteiger partial charge < -0.3 is 10.6 Å². The molecule has 0 saturated heterocycles. The predicted octanol–water partition coefficient (Wildman–Crippen LogP) is 4.88. The maximum atomic E-state index is 6.46. The largest absolute Gasteiger partial charge is 0.368 e. The summed E-state index contributed by atoms with van der Waals surface area (Å²) in [6, 6.07) is 7.16. The molecule has 0 amide bonds. The molecule has 0 saturated carbocycles. The van der Waals surface area contributed by atoms with Gasteiger partial charge in [-0.3, -0.25) is 0 Å². The van der Waals surface area contributed by atoms with Gasteiger partial charge in [-0.2, -0.15) is 0 Å². The summed E-state index contributed by atoms with van der Waals surface area (Å²) in [6.45, 7) is 12.1. The quantitative estimate of drug-likeness (QED) is 0.741. The zero-order chi connectivity index (χ0) is 16.0. The summed E-state index contributed by atoms with van der Waals surface area (Å²) in [5.74, 6) is 0.633. The third-order valence-electron chi connectivity index (χ3n) is 3.86. The normalized spacial score (nSPS) is 13.0. The topological polar surface area (TPSA) is 29.3 Å². The van der Waals surface area contributed by atoms with Crippen molar-refractivity contribution < 1.29 is 0 Å². The predicted molar refractivity (Wildman–Crippen MR) is 95.4 cm³/mol. The zero-order valence-corrected chi connectivity index (χ0v) is 15.0. The van der Waals surface area contributed by atoms with Gasteiger partial charge in [-0.05, 0) is 49.8 Å². The summed E-state index contributed by atoms with van der Waals surface area (Å²) in [6.07, 6.45) is 3.14. The minimum absolute atomic E-state index is 0.138. The molecule has 0 heterocycles. The second-order valence-electron chi connectivity index (χ2n) is 6.47. The molecule has 0 aromatic heterocycles. The fraction of sp³-hybridized carbons (Fsp3) is 0.667. The molecule has 0 aliphatic carbocycles. The molecule has 1 rings (SSSR count). The average Bonchev–Trinajstić information content (AvgIpc) is 2.40. The molecule has 1 aromatic rings. The van der Waals surface area contributed by atoms with Crippen LogP contribution in [0.2, 0.25) is 5.02 Å². The van der Waals surface area contributed by atoms with Crippen molar-refractivity contribution in [3.05, 3.63) is 28.8 Å². The van der Waals surface area contributed by atoms with Crippen LogP contribution in [-0.2, 0) is 6.42 Å². The Balaban J connectivity index is 3.04. The van der Waals surface area contributed by atoms with E-state index in [-0.39, 0.29) is 6.04 Å². The lowest BCUT2D eigenvalue weighted by molar-refractivity contribution is 0.507. The molecular formula is C18H31ClN2. The lowest BCUT2D eigenvalue weighted by Crippen LogP contribution is -2.37. The molecule has 1 unspecified atom stereocenters. The van der Waals surface area contributed by atoms with Crippen molar-refractivity contribution in [2.45, 2.75) is 66.0 Å². The van der Waals surface area contributed by atoms with Gasteiger partial charge in [-0.15, -0.1) is 0 Å². The van der Waals surface area contributed by atoms with Crippen LogP contribution in [0, 0.1) is 5.92 Å². The zero-order valence-electron chi connectivity index (χ0n) is 14.2. The lowest BCUT2D eigenvalue weighted by atomic mass is 10.0. The van der Waals surface area contributed by atoms with E-state index in [2.05, 4.69) is 50.8 Å². The Morgan fingerprint density at radius 3 is 2.19 bits per heavy atom. The van der Waals surface area contributed by atoms with Gasteiger partial charge in [0.2, 0.25) is 0 Å². The molecule has 0 aliphatic rings. The fourth-order valence-electron chi connectivity index (χ4n) is 2.82. The van der Waals surface area contributed by atoms with Crippen LogP contribution < -0.4 is 10.6 Å². The number of halogens is 1. The Morgan fingerprint density at radius 2 is 1.76 bits per heavy atom. The Kier molecular flexibility index (Phi) is 7.55. The van der Waals surface area contributed by atoms with E-state index in [4.69, 9.17) is 17.3 Å². The standard InChI is InChI=1S/C18H31ClN2/c1-6-16(7-2)21(12-13(3)4)17-9-8-15(10-14(5)20)18(19)11-17/h8-9,11,13-14,16H,6-7,10,12,20H2,1-5H3. The van der Waals surface area contributed by atoms with E-state index in [0.29, 0.717) is 12.0 Å². The van der Waals surface area contributed by atoms with Gasteiger partial charge >= 0.3 is 0 Å². The van der Waals surface area contributed by atoms with Crippen LogP contribution in [0.3, 0.4) is 0 Å². The SMILES string of the molecule is CCC(CC)N(CC(C)C)c1ccc(CC(C)N)c(Cl)c1. The number of hydrogen-bond acceptors (Lipinski definition) is 2. The second-order valence-corrected chi connectivity index (χ2v) is 6.88. The van der Waals surface area contributed by atoms with Crippen LogP contribution >= 0.6 is 11.6 Å². The molecular weight excluding hydrogens is 280 g/mol. The van der Waals surface area contributed by atoms with Crippen LogP contribution in [0.25, 0.3) is 0 Å². The van der Waals surface area contributed by atoms with Crippen molar-refractivity contribution in [1.82, 2.24) is 0 Å². The minimum Gasteiger partial charge on any atom is -0.368 e. The van der Waals surface area contributed by atoms with Gasteiger partial charge in [0.05, 0.1) is 0 Å². The number of anilines is 1. The Morgan fingerprint density at radius 1 is 1.14 bits per heavy atom. The molecule has 0 fully saturated rings. The molecule has 0 spiro atoms.